The number of allylic oxidation sites excluding steroid dienone is 4. The number of benzene rings is 2. The van der Waals surface area contributed by atoms with Crippen molar-refractivity contribution < 1.29 is 4.79 Å². The van der Waals surface area contributed by atoms with Crippen LogP contribution in [0.5, 0.6) is 0 Å². The normalized spacial score (nSPS) is 17.2. The van der Waals surface area contributed by atoms with Crippen LogP contribution in [-0.4, -0.2) is 41.5 Å². The third-order valence-corrected chi connectivity index (χ3v) is 8.07. The number of halogens is 1. The van der Waals surface area contributed by atoms with E-state index < -0.39 is 6.04 Å². The highest BCUT2D eigenvalue weighted by atomic mass is 35.5. The lowest BCUT2D eigenvalue weighted by Crippen LogP contribution is -2.47. The number of para-hydroxylation sites is 1. The molecule has 0 bridgehead atoms. The standard InChI is InChI=1S/C32H37ClN4O/c1-23(22-37-17-15-25(16-18-37)24-9-3-2-4-10-24)36-31(19-27-21-34-30-14-8-6-12-28(27)30)32(38)35-20-26-11-5-7-13-29(26)33/h3,5-14,21,25,31,34,36H,1-2,4,15-20,22H2,(H,35,38). The van der Waals surface area contributed by atoms with Gasteiger partial charge in [0.2, 0.25) is 5.91 Å². The van der Waals surface area contributed by atoms with Gasteiger partial charge >= 0.3 is 0 Å². The van der Waals surface area contributed by atoms with Crippen LogP contribution in [-0.2, 0) is 17.8 Å². The average molecular weight is 529 g/mol. The number of H-pyrrole nitrogens is 1. The topological polar surface area (TPSA) is 60.2 Å². The molecule has 1 fully saturated rings. The molecule has 2 heterocycles. The fourth-order valence-electron chi connectivity index (χ4n) is 5.60. The number of aromatic amines is 1. The number of amides is 1. The van der Waals surface area contributed by atoms with Crippen LogP contribution in [0.4, 0.5) is 0 Å². The maximum Gasteiger partial charge on any atom is 0.243 e. The molecule has 1 amide bonds. The summed E-state index contributed by atoms with van der Waals surface area (Å²) in [4.78, 5) is 19.2. The SMILES string of the molecule is C=C(CN1CCC(C2=CCCC=C2)CC1)NC(Cc1c[nH]c2ccccc12)C(=O)NCc1ccccc1Cl. The molecule has 1 atom stereocenters. The number of aromatic nitrogens is 1. The van der Waals surface area contributed by atoms with Crippen LogP contribution < -0.4 is 10.6 Å². The molecule has 3 aromatic rings. The van der Waals surface area contributed by atoms with Crippen LogP contribution in [0.1, 0.15) is 36.8 Å². The molecule has 1 aromatic heterocycles. The van der Waals surface area contributed by atoms with Gasteiger partial charge in [0, 0.05) is 47.3 Å². The summed E-state index contributed by atoms with van der Waals surface area (Å²) in [5.41, 5.74) is 5.47. The lowest BCUT2D eigenvalue weighted by Gasteiger charge is -2.34. The van der Waals surface area contributed by atoms with Crippen molar-refractivity contribution in [1.29, 1.82) is 0 Å². The summed E-state index contributed by atoms with van der Waals surface area (Å²) in [6, 6.07) is 15.4. The molecule has 6 heteroatoms. The highest BCUT2D eigenvalue weighted by Crippen LogP contribution is 2.28. The summed E-state index contributed by atoms with van der Waals surface area (Å²) >= 11 is 6.32. The first-order chi connectivity index (χ1) is 18.6. The minimum atomic E-state index is -0.445. The van der Waals surface area contributed by atoms with Gasteiger partial charge in [-0.05, 0) is 73.5 Å². The van der Waals surface area contributed by atoms with E-state index in [2.05, 4.69) is 57.5 Å². The Kier molecular flexibility index (Phi) is 8.67. The molecule has 0 radical (unpaired) electrons. The predicted molar refractivity (Wildman–Crippen MR) is 157 cm³/mol. The molecule has 5 nitrogen and oxygen atoms in total. The van der Waals surface area contributed by atoms with Crippen molar-refractivity contribution >= 4 is 28.4 Å². The van der Waals surface area contributed by atoms with Crippen molar-refractivity contribution in [3.63, 3.8) is 0 Å². The Morgan fingerprint density at radius 2 is 1.87 bits per heavy atom. The van der Waals surface area contributed by atoms with Gasteiger partial charge in [0.1, 0.15) is 6.04 Å². The highest BCUT2D eigenvalue weighted by molar-refractivity contribution is 6.31. The zero-order valence-corrected chi connectivity index (χ0v) is 22.6. The fourth-order valence-corrected chi connectivity index (χ4v) is 5.80. The largest absolute Gasteiger partial charge is 0.376 e. The average Bonchev–Trinajstić information content (AvgIpc) is 3.36. The molecule has 38 heavy (non-hydrogen) atoms. The number of fused-ring (bicyclic) bond motifs is 1. The second kappa shape index (κ2) is 12.5. The van der Waals surface area contributed by atoms with Crippen molar-refractivity contribution in [3.8, 4) is 0 Å². The molecule has 0 spiro atoms. The van der Waals surface area contributed by atoms with E-state index in [0.29, 0.717) is 23.9 Å². The summed E-state index contributed by atoms with van der Waals surface area (Å²) in [6.07, 6.45) is 14.3. The third kappa shape index (κ3) is 6.58. The minimum Gasteiger partial charge on any atom is -0.376 e. The zero-order valence-electron chi connectivity index (χ0n) is 21.9. The quantitative estimate of drug-likeness (QED) is 0.296. The van der Waals surface area contributed by atoms with E-state index in [0.717, 1.165) is 47.4 Å². The molecule has 1 aliphatic heterocycles. The zero-order chi connectivity index (χ0) is 26.3. The molecule has 2 aliphatic rings. The fraction of sp³-hybridized carbons (Fsp3) is 0.344. The molecule has 1 unspecified atom stereocenters. The number of hydrogen-bond donors (Lipinski definition) is 3. The van der Waals surface area contributed by atoms with Crippen LogP contribution in [0.2, 0.25) is 5.02 Å². The van der Waals surface area contributed by atoms with Gasteiger partial charge in [-0.25, -0.2) is 0 Å². The first-order valence-corrected chi connectivity index (χ1v) is 14.0. The molecule has 0 saturated carbocycles. The Labute approximate surface area is 230 Å². The third-order valence-electron chi connectivity index (χ3n) is 7.70. The molecule has 198 valence electrons. The van der Waals surface area contributed by atoms with Crippen molar-refractivity contribution in [1.82, 2.24) is 20.5 Å². The number of carbonyl (C=O) groups is 1. The van der Waals surface area contributed by atoms with Crippen LogP contribution in [0.3, 0.4) is 0 Å². The van der Waals surface area contributed by atoms with E-state index in [-0.39, 0.29) is 5.91 Å². The van der Waals surface area contributed by atoms with Gasteiger partial charge in [-0.15, -0.1) is 0 Å². The molecule has 5 rings (SSSR count). The van der Waals surface area contributed by atoms with Crippen molar-refractivity contribution in [2.24, 2.45) is 5.92 Å². The Hall–Kier alpha value is -3.28. The molecular weight excluding hydrogens is 492 g/mol. The summed E-state index contributed by atoms with van der Waals surface area (Å²) in [6.45, 7) is 7.53. The van der Waals surface area contributed by atoms with Crippen LogP contribution in [0, 0.1) is 5.92 Å². The van der Waals surface area contributed by atoms with Gasteiger partial charge in [0.25, 0.3) is 0 Å². The second-order valence-corrected chi connectivity index (χ2v) is 10.8. The molecule has 2 aromatic carbocycles. The molecule has 3 N–H and O–H groups in total. The first kappa shape index (κ1) is 26.3. The number of rotatable bonds is 10. The van der Waals surface area contributed by atoms with Crippen LogP contribution >= 0.6 is 11.6 Å². The number of nitrogens with zero attached hydrogens (tertiary/aromatic N) is 1. The Bertz CT molecular complexity index is 1330. The molecule has 1 saturated heterocycles. The van der Waals surface area contributed by atoms with Crippen molar-refractivity contribution in [2.45, 2.75) is 44.7 Å². The minimum absolute atomic E-state index is 0.0638. The van der Waals surface area contributed by atoms with E-state index in [1.165, 1.54) is 31.3 Å². The predicted octanol–water partition coefficient (Wildman–Crippen LogP) is 6.14. The van der Waals surface area contributed by atoms with Gasteiger partial charge in [-0.1, -0.05) is 72.8 Å². The highest BCUT2D eigenvalue weighted by Gasteiger charge is 2.24. The summed E-state index contributed by atoms with van der Waals surface area (Å²) < 4.78 is 0. The van der Waals surface area contributed by atoms with E-state index in [9.17, 15) is 4.79 Å². The first-order valence-electron chi connectivity index (χ1n) is 13.7. The molecule has 1 aliphatic carbocycles. The summed E-state index contributed by atoms with van der Waals surface area (Å²) in [5, 5.41) is 8.35. The number of likely N-dealkylation sites (tertiary alicyclic amines) is 1. The Morgan fingerprint density at radius 3 is 2.66 bits per heavy atom. The van der Waals surface area contributed by atoms with Gasteiger partial charge in [0.05, 0.1) is 0 Å². The van der Waals surface area contributed by atoms with E-state index in [1.54, 1.807) is 0 Å². The lowest BCUT2D eigenvalue weighted by molar-refractivity contribution is -0.123. The van der Waals surface area contributed by atoms with Crippen LogP contribution in [0.15, 0.2) is 90.8 Å². The Morgan fingerprint density at radius 1 is 1.08 bits per heavy atom. The van der Waals surface area contributed by atoms with Gasteiger partial charge < -0.3 is 15.6 Å². The number of hydrogen-bond acceptors (Lipinski definition) is 3. The Balaban J connectivity index is 1.22. The lowest BCUT2D eigenvalue weighted by atomic mass is 9.86. The van der Waals surface area contributed by atoms with Gasteiger partial charge in [-0.3, -0.25) is 9.69 Å². The van der Waals surface area contributed by atoms with Crippen molar-refractivity contribution in [2.75, 3.05) is 19.6 Å². The smallest absolute Gasteiger partial charge is 0.243 e. The van der Waals surface area contributed by atoms with Gasteiger partial charge in [0.15, 0.2) is 0 Å². The second-order valence-electron chi connectivity index (χ2n) is 10.4. The van der Waals surface area contributed by atoms with E-state index >= 15 is 0 Å². The summed E-state index contributed by atoms with van der Waals surface area (Å²) in [5.74, 6) is 0.598. The summed E-state index contributed by atoms with van der Waals surface area (Å²) in [7, 11) is 0. The van der Waals surface area contributed by atoms with Crippen LogP contribution in [0.25, 0.3) is 10.9 Å². The van der Waals surface area contributed by atoms with Crippen molar-refractivity contribution in [3.05, 3.63) is 107 Å². The number of piperidine rings is 1. The van der Waals surface area contributed by atoms with E-state index in [4.69, 9.17) is 11.6 Å². The number of carbonyl (C=O) groups excluding carboxylic acids is 1. The maximum atomic E-state index is 13.4. The molecular formula is C32H37ClN4O. The maximum absolute atomic E-state index is 13.4. The monoisotopic (exact) mass is 528 g/mol. The van der Waals surface area contributed by atoms with E-state index in [1.807, 2.05) is 42.6 Å². The van der Waals surface area contributed by atoms with Gasteiger partial charge in [-0.2, -0.15) is 0 Å². The number of nitrogens with one attached hydrogen (secondary N) is 3.